The fourth-order valence-corrected chi connectivity index (χ4v) is 4.43. The number of aryl methyl sites for hydroxylation is 1. The molecule has 0 saturated carbocycles. The summed E-state index contributed by atoms with van der Waals surface area (Å²) >= 11 is 0. The standard InChI is InChI=1S/C26H32N2O2/c1-17(2)15-23-25(26(30)27-22-14-10-9-11-18(22)3)24(29)16-19(4)28(23)20(5)21-12-7-6-8-13-21/h6-14,16-17,20,23,25H,15H2,1-5H3,(H,27,30). The lowest BCUT2D eigenvalue weighted by atomic mass is 9.82. The zero-order chi connectivity index (χ0) is 21.8. The number of allylic oxidation sites excluding steroid dienone is 2. The highest BCUT2D eigenvalue weighted by molar-refractivity contribution is 6.12. The van der Waals surface area contributed by atoms with Gasteiger partial charge in [0.05, 0.1) is 6.04 Å². The fourth-order valence-electron chi connectivity index (χ4n) is 4.43. The predicted molar refractivity (Wildman–Crippen MR) is 122 cm³/mol. The van der Waals surface area contributed by atoms with Crippen LogP contribution in [0.15, 0.2) is 66.4 Å². The smallest absolute Gasteiger partial charge is 0.237 e. The van der Waals surface area contributed by atoms with Crippen molar-refractivity contribution < 1.29 is 9.59 Å². The molecule has 30 heavy (non-hydrogen) atoms. The average Bonchev–Trinajstić information content (AvgIpc) is 2.69. The van der Waals surface area contributed by atoms with E-state index in [0.29, 0.717) is 5.92 Å². The largest absolute Gasteiger partial charge is 0.364 e. The maximum Gasteiger partial charge on any atom is 0.237 e. The summed E-state index contributed by atoms with van der Waals surface area (Å²) in [5.41, 5.74) is 3.83. The summed E-state index contributed by atoms with van der Waals surface area (Å²) in [6.45, 7) is 10.4. The van der Waals surface area contributed by atoms with Gasteiger partial charge in [-0.05, 0) is 50.3 Å². The van der Waals surface area contributed by atoms with E-state index in [-0.39, 0.29) is 23.8 Å². The molecular weight excluding hydrogens is 372 g/mol. The van der Waals surface area contributed by atoms with Crippen LogP contribution in [-0.2, 0) is 9.59 Å². The normalized spacial score (nSPS) is 20.1. The van der Waals surface area contributed by atoms with Crippen molar-refractivity contribution in [2.75, 3.05) is 5.32 Å². The third-order valence-corrected chi connectivity index (χ3v) is 5.90. The van der Waals surface area contributed by atoms with Crippen molar-refractivity contribution >= 4 is 17.4 Å². The van der Waals surface area contributed by atoms with Gasteiger partial charge in [-0.1, -0.05) is 62.4 Å². The van der Waals surface area contributed by atoms with Crippen molar-refractivity contribution in [2.24, 2.45) is 11.8 Å². The van der Waals surface area contributed by atoms with Crippen molar-refractivity contribution in [1.82, 2.24) is 4.90 Å². The molecule has 1 amide bonds. The van der Waals surface area contributed by atoms with Crippen molar-refractivity contribution in [3.63, 3.8) is 0 Å². The van der Waals surface area contributed by atoms with Crippen LogP contribution in [0.5, 0.6) is 0 Å². The van der Waals surface area contributed by atoms with Crippen molar-refractivity contribution in [1.29, 1.82) is 0 Å². The molecule has 0 aromatic heterocycles. The summed E-state index contributed by atoms with van der Waals surface area (Å²) < 4.78 is 0. The third kappa shape index (κ3) is 4.64. The Labute approximate surface area is 180 Å². The molecule has 1 heterocycles. The van der Waals surface area contributed by atoms with Gasteiger partial charge in [-0.15, -0.1) is 0 Å². The summed E-state index contributed by atoms with van der Waals surface area (Å²) in [6.07, 6.45) is 2.40. The first-order chi connectivity index (χ1) is 14.3. The molecule has 3 unspecified atom stereocenters. The highest BCUT2D eigenvalue weighted by atomic mass is 16.2. The molecule has 2 aromatic rings. The van der Waals surface area contributed by atoms with Gasteiger partial charge >= 0.3 is 0 Å². The number of carbonyl (C=O) groups is 2. The first kappa shape index (κ1) is 21.8. The number of carbonyl (C=O) groups excluding carboxylic acids is 2. The lowest BCUT2D eigenvalue weighted by Gasteiger charge is -2.45. The van der Waals surface area contributed by atoms with Gasteiger partial charge in [-0.25, -0.2) is 0 Å². The summed E-state index contributed by atoms with van der Waals surface area (Å²) in [7, 11) is 0. The second-order valence-electron chi connectivity index (χ2n) is 8.66. The lowest BCUT2D eigenvalue weighted by molar-refractivity contribution is -0.133. The number of hydrogen-bond acceptors (Lipinski definition) is 3. The summed E-state index contributed by atoms with van der Waals surface area (Å²) in [4.78, 5) is 28.7. The fraction of sp³-hybridized carbons (Fsp3) is 0.385. The van der Waals surface area contributed by atoms with Crippen LogP contribution < -0.4 is 5.32 Å². The highest BCUT2D eigenvalue weighted by Crippen LogP contribution is 2.36. The molecule has 0 radical (unpaired) electrons. The maximum atomic E-state index is 13.3. The van der Waals surface area contributed by atoms with Crippen molar-refractivity contribution in [3.8, 4) is 0 Å². The molecule has 3 atom stereocenters. The Morgan fingerprint density at radius 1 is 1.00 bits per heavy atom. The quantitative estimate of drug-likeness (QED) is 0.646. The minimum absolute atomic E-state index is 0.0630. The molecule has 4 nitrogen and oxygen atoms in total. The van der Waals surface area contributed by atoms with Crippen LogP contribution in [0.3, 0.4) is 0 Å². The van der Waals surface area contributed by atoms with Gasteiger partial charge in [-0.2, -0.15) is 0 Å². The molecule has 4 heteroatoms. The SMILES string of the molecule is CC1=CC(=O)C(C(=O)Nc2ccccc2C)C(CC(C)C)N1C(C)c1ccccc1. The van der Waals surface area contributed by atoms with Crippen molar-refractivity contribution in [2.45, 2.75) is 53.1 Å². The van der Waals surface area contributed by atoms with Gasteiger partial charge in [0, 0.05) is 23.5 Å². The van der Waals surface area contributed by atoms with Crippen LogP contribution in [-0.4, -0.2) is 22.6 Å². The zero-order valence-corrected chi connectivity index (χ0v) is 18.6. The van der Waals surface area contributed by atoms with E-state index in [2.05, 4.69) is 43.1 Å². The van der Waals surface area contributed by atoms with E-state index >= 15 is 0 Å². The minimum atomic E-state index is -0.734. The third-order valence-electron chi connectivity index (χ3n) is 5.90. The molecule has 0 bridgehead atoms. The number of rotatable bonds is 6. The molecule has 0 saturated heterocycles. The van der Waals surface area contributed by atoms with E-state index in [1.54, 1.807) is 6.08 Å². The topological polar surface area (TPSA) is 49.4 Å². The lowest BCUT2D eigenvalue weighted by Crippen LogP contribution is -2.52. The Bertz CT molecular complexity index is 933. The van der Waals surface area contributed by atoms with Crippen LogP contribution in [0.25, 0.3) is 0 Å². The van der Waals surface area contributed by atoms with Gasteiger partial charge in [0.1, 0.15) is 5.92 Å². The molecule has 0 spiro atoms. The molecule has 0 fully saturated rings. The Hall–Kier alpha value is -2.88. The number of nitrogens with one attached hydrogen (secondary N) is 1. The maximum absolute atomic E-state index is 13.3. The molecule has 1 N–H and O–H groups in total. The average molecular weight is 405 g/mol. The van der Waals surface area contributed by atoms with E-state index < -0.39 is 5.92 Å². The van der Waals surface area contributed by atoms with Gasteiger partial charge in [-0.3, -0.25) is 9.59 Å². The monoisotopic (exact) mass is 404 g/mol. The second kappa shape index (κ2) is 9.29. The Morgan fingerprint density at radius 3 is 2.27 bits per heavy atom. The van der Waals surface area contributed by atoms with E-state index in [0.717, 1.165) is 23.4 Å². The number of para-hydroxylation sites is 1. The molecule has 1 aliphatic rings. The van der Waals surface area contributed by atoms with Crippen LogP contribution in [0, 0.1) is 18.8 Å². The first-order valence-electron chi connectivity index (χ1n) is 10.7. The summed E-state index contributed by atoms with van der Waals surface area (Å²) in [6, 6.07) is 17.8. The van der Waals surface area contributed by atoms with Crippen LogP contribution in [0.4, 0.5) is 5.69 Å². The number of amides is 1. The number of ketones is 1. The number of hydrogen-bond donors (Lipinski definition) is 1. The van der Waals surface area contributed by atoms with Crippen LogP contribution >= 0.6 is 0 Å². The Morgan fingerprint density at radius 2 is 1.63 bits per heavy atom. The predicted octanol–water partition coefficient (Wildman–Crippen LogP) is 5.51. The molecular formula is C26H32N2O2. The highest BCUT2D eigenvalue weighted by Gasteiger charge is 2.43. The van der Waals surface area contributed by atoms with Gasteiger partial charge in [0.25, 0.3) is 0 Å². The number of anilines is 1. The molecule has 3 rings (SSSR count). The molecule has 158 valence electrons. The van der Waals surface area contributed by atoms with E-state index in [1.165, 1.54) is 5.56 Å². The first-order valence-corrected chi connectivity index (χ1v) is 10.7. The van der Waals surface area contributed by atoms with E-state index in [1.807, 2.05) is 56.3 Å². The van der Waals surface area contributed by atoms with E-state index in [4.69, 9.17) is 0 Å². The zero-order valence-electron chi connectivity index (χ0n) is 18.6. The minimum Gasteiger partial charge on any atom is -0.364 e. The second-order valence-corrected chi connectivity index (χ2v) is 8.66. The van der Waals surface area contributed by atoms with Crippen LogP contribution in [0.1, 0.15) is 51.3 Å². The summed E-state index contributed by atoms with van der Waals surface area (Å²) in [5, 5.41) is 3.01. The Balaban J connectivity index is 1.97. The van der Waals surface area contributed by atoms with Crippen molar-refractivity contribution in [3.05, 3.63) is 77.5 Å². The number of benzene rings is 2. The number of nitrogens with zero attached hydrogens (tertiary/aromatic N) is 1. The molecule has 0 aliphatic carbocycles. The summed E-state index contributed by atoms with van der Waals surface area (Å²) in [5.74, 6) is -0.718. The molecule has 1 aliphatic heterocycles. The van der Waals surface area contributed by atoms with Gasteiger partial charge in [0.2, 0.25) is 5.91 Å². The van der Waals surface area contributed by atoms with Crippen LogP contribution in [0.2, 0.25) is 0 Å². The van der Waals surface area contributed by atoms with Gasteiger partial charge in [0.15, 0.2) is 5.78 Å². The Kier molecular flexibility index (Phi) is 6.76. The van der Waals surface area contributed by atoms with Gasteiger partial charge < -0.3 is 10.2 Å². The van der Waals surface area contributed by atoms with E-state index in [9.17, 15) is 9.59 Å². The molecule has 2 aromatic carbocycles.